The van der Waals surface area contributed by atoms with E-state index in [-0.39, 0.29) is 14.9 Å². The molecule has 60 valence electrons. The Morgan fingerprint density at radius 3 is 1.56 bits per heavy atom. The van der Waals surface area contributed by atoms with E-state index < -0.39 is 0 Å². The average molecular weight is 135 g/mol. The minimum absolute atomic E-state index is 0. The number of rotatable bonds is 1. The molecule has 2 heteroatoms. The molecule has 0 aromatic rings. The first-order valence-electron chi connectivity index (χ1n) is 2.31. The molecule has 0 aliphatic rings. The molecule has 0 saturated heterocycles. The van der Waals surface area contributed by atoms with Gasteiger partial charge in [0.2, 0.25) is 0 Å². The van der Waals surface area contributed by atoms with Crippen molar-refractivity contribution in [1.82, 2.24) is 0 Å². The van der Waals surface area contributed by atoms with Crippen LogP contribution < -0.4 is 5.73 Å². The van der Waals surface area contributed by atoms with Gasteiger partial charge in [-0.25, -0.2) is 0 Å². The molecule has 0 rings (SSSR count). The summed E-state index contributed by atoms with van der Waals surface area (Å²) in [6.45, 7) is 6.07. The molecule has 0 amide bonds. The summed E-state index contributed by atoms with van der Waals surface area (Å²) in [5.41, 5.74) is 5.29. The largest absolute Gasteiger partial charge is 0.328 e. The number of hydrogen-bond acceptors (Lipinski definition) is 2. The number of carbonyl (C=O) groups excluding carboxylic acids is 1. The Morgan fingerprint density at radius 1 is 1.44 bits per heavy atom. The fourth-order valence-corrected chi connectivity index (χ4v) is 0. The molecular formula is C7H21NO. The normalized spacial score (nSPS) is 8.78. The lowest BCUT2D eigenvalue weighted by Gasteiger charge is -1.91. The van der Waals surface area contributed by atoms with Gasteiger partial charge in [0.15, 0.2) is 0 Å². The summed E-state index contributed by atoms with van der Waals surface area (Å²) < 4.78 is 0. The number of carbonyl (C=O) groups is 1. The van der Waals surface area contributed by atoms with Crippen molar-refractivity contribution < 1.29 is 4.79 Å². The predicted molar refractivity (Wildman–Crippen MR) is 44.5 cm³/mol. The zero-order chi connectivity index (χ0) is 6.28. The first kappa shape index (κ1) is 23.4. The van der Waals surface area contributed by atoms with Crippen molar-refractivity contribution in [1.29, 1.82) is 0 Å². The molecule has 0 fully saturated rings. The maximum absolute atomic E-state index is 8.00. The molecule has 2 N–H and O–H groups in total. The molecule has 0 radical (unpaired) electrons. The second-order valence-corrected chi connectivity index (χ2v) is 1.39. The SMILES string of the molecule is C.C.C=O.CCC(C)N. The van der Waals surface area contributed by atoms with Crippen molar-refractivity contribution >= 4 is 6.79 Å². The van der Waals surface area contributed by atoms with Gasteiger partial charge in [-0.2, -0.15) is 0 Å². The van der Waals surface area contributed by atoms with Gasteiger partial charge in [0, 0.05) is 6.04 Å². The van der Waals surface area contributed by atoms with Crippen LogP contribution in [0.1, 0.15) is 35.1 Å². The molecule has 0 aromatic carbocycles. The Bertz CT molecular complexity index is 30.1. The molecule has 2 nitrogen and oxygen atoms in total. The van der Waals surface area contributed by atoms with E-state index in [1.54, 1.807) is 0 Å². The van der Waals surface area contributed by atoms with Crippen LogP contribution in [0.25, 0.3) is 0 Å². The third-order valence-electron chi connectivity index (χ3n) is 0.644. The van der Waals surface area contributed by atoms with Gasteiger partial charge in [-0.05, 0) is 13.3 Å². The van der Waals surface area contributed by atoms with Crippen LogP contribution in [0, 0.1) is 0 Å². The van der Waals surface area contributed by atoms with Gasteiger partial charge in [0.05, 0.1) is 0 Å². The van der Waals surface area contributed by atoms with Gasteiger partial charge in [-0.15, -0.1) is 0 Å². The van der Waals surface area contributed by atoms with Gasteiger partial charge in [-0.1, -0.05) is 21.8 Å². The minimum Gasteiger partial charge on any atom is -0.328 e. The molecule has 0 bridgehead atoms. The highest BCUT2D eigenvalue weighted by atomic mass is 16.1. The summed E-state index contributed by atoms with van der Waals surface area (Å²) in [6, 6.07) is 0.384. The Hall–Kier alpha value is -0.370. The highest BCUT2D eigenvalue weighted by Crippen LogP contribution is 1.77. The first-order chi connectivity index (χ1) is 3.27. The number of nitrogens with two attached hydrogens (primary N) is 1. The lowest BCUT2D eigenvalue weighted by Crippen LogP contribution is -2.11. The molecule has 9 heavy (non-hydrogen) atoms. The van der Waals surface area contributed by atoms with E-state index in [0.29, 0.717) is 6.04 Å². The van der Waals surface area contributed by atoms with E-state index in [4.69, 9.17) is 10.5 Å². The summed E-state index contributed by atoms with van der Waals surface area (Å²) in [6.07, 6.45) is 1.08. The molecule has 1 unspecified atom stereocenters. The van der Waals surface area contributed by atoms with Crippen LogP contribution in [0.4, 0.5) is 0 Å². The van der Waals surface area contributed by atoms with E-state index in [2.05, 4.69) is 6.92 Å². The molecule has 0 aliphatic carbocycles. The van der Waals surface area contributed by atoms with Crippen LogP contribution in [-0.2, 0) is 4.79 Å². The van der Waals surface area contributed by atoms with E-state index in [1.807, 2.05) is 13.7 Å². The van der Waals surface area contributed by atoms with E-state index in [9.17, 15) is 0 Å². The Morgan fingerprint density at radius 2 is 1.56 bits per heavy atom. The number of hydrogen-bond donors (Lipinski definition) is 1. The van der Waals surface area contributed by atoms with Crippen LogP contribution in [0.5, 0.6) is 0 Å². The van der Waals surface area contributed by atoms with Crippen molar-refractivity contribution in [3.8, 4) is 0 Å². The second kappa shape index (κ2) is 25.5. The van der Waals surface area contributed by atoms with Crippen molar-refractivity contribution in [2.75, 3.05) is 0 Å². The van der Waals surface area contributed by atoms with Crippen molar-refractivity contribution in [2.24, 2.45) is 5.73 Å². The Labute approximate surface area is 59.4 Å². The smallest absolute Gasteiger partial charge is 0.106 e. The molecule has 1 atom stereocenters. The van der Waals surface area contributed by atoms with E-state index >= 15 is 0 Å². The van der Waals surface area contributed by atoms with Gasteiger partial charge in [0.25, 0.3) is 0 Å². The van der Waals surface area contributed by atoms with Crippen LogP contribution >= 0.6 is 0 Å². The Balaban J connectivity index is -0.0000000286. The summed E-state index contributed by atoms with van der Waals surface area (Å²) >= 11 is 0. The zero-order valence-corrected chi connectivity index (χ0v) is 4.98. The Kier molecular flexibility index (Phi) is 66.3. The molecule has 0 aromatic heterocycles. The van der Waals surface area contributed by atoms with Crippen LogP contribution in [0.2, 0.25) is 0 Å². The summed E-state index contributed by atoms with van der Waals surface area (Å²) in [4.78, 5) is 8.00. The van der Waals surface area contributed by atoms with Crippen molar-refractivity contribution in [2.45, 2.75) is 41.2 Å². The lowest BCUT2D eigenvalue weighted by atomic mass is 10.3. The van der Waals surface area contributed by atoms with E-state index in [1.165, 1.54) is 0 Å². The topological polar surface area (TPSA) is 43.1 Å². The van der Waals surface area contributed by atoms with Crippen LogP contribution in [-0.4, -0.2) is 12.8 Å². The standard InChI is InChI=1S/C4H11N.CH2O.2CH4/c1-3-4(2)5;1-2;;/h4H,3,5H2,1-2H3;1H2;2*1H4. The van der Waals surface area contributed by atoms with Gasteiger partial charge in [-0.3, -0.25) is 0 Å². The summed E-state index contributed by atoms with van der Waals surface area (Å²) in [5, 5.41) is 0. The van der Waals surface area contributed by atoms with Crippen molar-refractivity contribution in [3.63, 3.8) is 0 Å². The fourth-order valence-electron chi connectivity index (χ4n) is 0. The molecular weight excluding hydrogens is 114 g/mol. The monoisotopic (exact) mass is 135 g/mol. The van der Waals surface area contributed by atoms with Crippen LogP contribution in [0.15, 0.2) is 0 Å². The molecule has 0 saturated carbocycles. The highest BCUT2D eigenvalue weighted by molar-refractivity contribution is 5.10. The third-order valence-corrected chi connectivity index (χ3v) is 0.644. The average Bonchev–Trinajstić information content (AvgIpc) is 1.73. The maximum Gasteiger partial charge on any atom is 0.106 e. The lowest BCUT2D eigenvalue weighted by molar-refractivity contribution is -0.0979. The molecule has 0 heterocycles. The van der Waals surface area contributed by atoms with Crippen molar-refractivity contribution in [3.05, 3.63) is 0 Å². The van der Waals surface area contributed by atoms with Gasteiger partial charge >= 0.3 is 0 Å². The maximum atomic E-state index is 8.00. The predicted octanol–water partition coefficient (Wildman–Crippen LogP) is 1.83. The first-order valence-corrected chi connectivity index (χ1v) is 2.31. The highest BCUT2D eigenvalue weighted by Gasteiger charge is 1.79. The van der Waals surface area contributed by atoms with Crippen LogP contribution in [0.3, 0.4) is 0 Å². The second-order valence-electron chi connectivity index (χ2n) is 1.39. The minimum atomic E-state index is 0. The third kappa shape index (κ3) is 91.0. The molecule has 0 aliphatic heterocycles. The quantitative estimate of drug-likeness (QED) is 0.596. The summed E-state index contributed by atoms with van der Waals surface area (Å²) in [5.74, 6) is 0. The van der Waals surface area contributed by atoms with Gasteiger partial charge in [0.1, 0.15) is 6.79 Å². The fraction of sp³-hybridized carbons (Fsp3) is 0.857. The zero-order valence-electron chi connectivity index (χ0n) is 4.98. The van der Waals surface area contributed by atoms with E-state index in [0.717, 1.165) is 6.42 Å². The summed E-state index contributed by atoms with van der Waals surface area (Å²) in [7, 11) is 0. The molecule has 0 spiro atoms. The van der Waals surface area contributed by atoms with Gasteiger partial charge < -0.3 is 10.5 Å².